The number of carbonyl (C=O) groups excluding carboxylic acids is 1. The van der Waals surface area contributed by atoms with Crippen molar-refractivity contribution in [1.82, 2.24) is 5.32 Å². The fraction of sp³-hybridized carbons (Fsp3) is 0.364. The first-order valence-electron chi connectivity index (χ1n) is 5.12. The van der Waals surface area contributed by atoms with Gasteiger partial charge in [-0.25, -0.2) is 13.6 Å². The van der Waals surface area contributed by atoms with Crippen LogP contribution < -0.4 is 10.1 Å². The minimum Gasteiger partial charge on any atom is -0.508 e. The van der Waals surface area contributed by atoms with Crippen molar-refractivity contribution in [2.45, 2.75) is 12.0 Å². The predicted molar refractivity (Wildman–Crippen MR) is 64.1 cm³/mol. The van der Waals surface area contributed by atoms with Crippen molar-refractivity contribution in [3.8, 4) is 11.5 Å². The number of aromatic hydroxyl groups is 1. The average molecular weight is 296 g/mol. The van der Waals surface area contributed by atoms with Crippen molar-refractivity contribution in [2.75, 3.05) is 13.7 Å². The molecule has 0 aliphatic carbocycles. The second kappa shape index (κ2) is 5.48. The van der Waals surface area contributed by atoms with E-state index in [0.717, 1.165) is 0 Å². The van der Waals surface area contributed by atoms with E-state index in [1.165, 1.54) is 25.3 Å². The topological polar surface area (TPSA) is 67.8 Å². The second-order valence-electron chi connectivity index (χ2n) is 3.84. The summed E-state index contributed by atoms with van der Waals surface area (Å²) in [6.07, 6.45) is -0.951. The van der Waals surface area contributed by atoms with Gasteiger partial charge in [0.25, 0.3) is 0 Å². The molecule has 1 aromatic rings. The third-order valence-electron chi connectivity index (χ3n) is 2.63. The summed E-state index contributed by atoms with van der Waals surface area (Å²) in [6, 6.07) is 2.26. The summed E-state index contributed by atoms with van der Waals surface area (Å²) in [5.41, 5.74) is -0.115. The van der Waals surface area contributed by atoms with E-state index < -0.39 is 24.7 Å². The van der Waals surface area contributed by atoms with E-state index in [1.54, 1.807) is 0 Å². The van der Waals surface area contributed by atoms with Crippen LogP contribution in [0.4, 0.5) is 13.6 Å². The second-order valence-corrected chi connectivity index (χ2v) is 3.84. The molecule has 1 saturated heterocycles. The van der Waals surface area contributed by atoms with Crippen LogP contribution in [0.1, 0.15) is 11.6 Å². The molecule has 5 nitrogen and oxygen atoms in total. The molecule has 1 aromatic carbocycles. The number of ether oxygens (including phenoxy) is 2. The van der Waals surface area contributed by atoms with Gasteiger partial charge in [0, 0.05) is 5.56 Å². The van der Waals surface area contributed by atoms with E-state index in [-0.39, 0.29) is 23.7 Å². The van der Waals surface area contributed by atoms with Crippen LogP contribution in [-0.2, 0) is 4.74 Å². The summed E-state index contributed by atoms with van der Waals surface area (Å²) in [5.74, 6) is -3.35. The quantitative estimate of drug-likeness (QED) is 0.878. The zero-order valence-electron chi connectivity index (χ0n) is 9.85. The van der Waals surface area contributed by atoms with Gasteiger partial charge in [0.15, 0.2) is 6.61 Å². The molecule has 1 fully saturated rings. The van der Waals surface area contributed by atoms with Crippen molar-refractivity contribution in [3.05, 3.63) is 23.8 Å². The lowest BCUT2D eigenvalue weighted by molar-refractivity contribution is -0.104. The van der Waals surface area contributed by atoms with Crippen LogP contribution in [0.15, 0.2) is 18.2 Å². The zero-order chi connectivity index (χ0) is 13.3. The molecular formula is C11H12ClF2NO4. The number of hydrogen-bond acceptors (Lipinski definition) is 4. The molecule has 0 unspecified atom stereocenters. The maximum absolute atomic E-state index is 13.7. The first kappa shape index (κ1) is 15.3. The Morgan fingerprint density at radius 1 is 1.53 bits per heavy atom. The zero-order valence-corrected chi connectivity index (χ0v) is 10.7. The van der Waals surface area contributed by atoms with Crippen LogP contribution in [0, 0.1) is 0 Å². The van der Waals surface area contributed by atoms with E-state index in [1.807, 2.05) is 5.32 Å². The van der Waals surface area contributed by atoms with Crippen LogP contribution in [0.25, 0.3) is 0 Å². The molecule has 19 heavy (non-hydrogen) atoms. The Labute approximate surface area is 113 Å². The first-order valence-corrected chi connectivity index (χ1v) is 5.12. The molecule has 0 spiro atoms. The van der Waals surface area contributed by atoms with Gasteiger partial charge in [-0.1, -0.05) is 0 Å². The number of methoxy groups -OCH3 is 1. The van der Waals surface area contributed by atoms with E-state index in [4.69, 9.17) is 4.74 Å². The number of amides is 1. The molecule has 0 saturated carbocycles. The summed E-state index contributed by atoms with van der Waals surface area (Å²) in [7, 11) is 1.37. The number of alkyl carbamates (subject to hydrolysis) is 1. The first-order chi connectivity index (χ1) is 8.44. The molecule has 106 valence electrons. The molecule has 0 aromatic heterocycles. The van der Waals surface area contributed by atoms with Crippen LogP contribution >= 0.6 is 12.4 Å². The summed E-state index contributed by atoms with van der Waals surface area (Å²) in [5, 5.41) is 11.6. The lowest BCUT2D eigenvalue weighted by atomic mass is 9.99. The van der Waals surface area contributed by atoms with Gasteiger partial charge >= 0.3 is 12.0 Å². The van der Waals surface area contributed by atoms with E-state index in [9.17, 15) is 18.7 Å². The molecule has 1 heterocycles. The van der Waals surface area contributed by atoms with Crippen molar-refractivity contribution in [3.63, 3.8) is 0 Å². The van der Waals surface area contributed by atoms with Crippen LogP contribution in [0.3, 0.4) is 0 Å². The standard InChI is InChI=1S/C11H11F2NO4.ClH/c1-17-6-2-3-8(15)7(4-6)9-11(12,13)5-18-10(16)14-9;/h2-4,9,15H,5H2,1H3,(H,14,16);1H/t9-;/m0./s1. The number of benzene rings is 1. The number of cyclic esters (lactones) is 1. The minimum atomic E-state index is -3.31. The number of rotatable bonds is 2. The number of alkyl halides is 2. The van der Waals surface area contributed by atoms with Gasteiger partial charge in [0.05, 0.1) is 7.11 Å². The molecule has 1 aliphatic heterocycles. The Bertz CT molecular complexity index is 484. The molecule has 0 bridgehead atoms. The van der Waals surface area contributed by atoms with Gasteiger partial charge in [-0.3, -0.25) is 0 Å². The highest BCUT2D eigenvalue weighted by Gasteiger charge is 2.47. The lowest BCUT2D eigenvalue weighted by Crippen LogP contribution is -2.49. The monoisotopic (exact) mass is 295 g/mol. The van der Waals surface area contributed by atoms with E-state index in [0.29, 0.717) is 5.75 Å². The third-order valence-corrected chi connectivity index (χ3v) is 2.63. The summed E-state index contributed by atoms with van der Waals surface area (Å²) in [4.78, 5) is 11.0. The summed E-state index contributed by atoms with van der Waals surface area (Å²) in [6.45, 7) is -1.03. The number of hydrogen-bond donors (Lipinski definition) is 2. The molecular weight excluding hydrogens is 284 g/mol. The van der Waals surface area contributed by atoms with Crippen molar-refractivity contribution in [2.24, 2.45) is 0 Å². The number of halogens is 3. The fourth-order valence-corrected chi connectivity index (χ4v) is 1.71. The maximum atomic E-state index is 13.7. The number of phenolic OH excluding ortho intramolecular Hbond substituents is 1. The Morgan fingerprint density at radius 3 is 2.84 bits per heavy atom. The van der Waals surface area contributed by atoms with Crippen molar-refractivity contribution in [1.29, 1.82) is 0 Å². The van der Waals surface area contributed by atoms with Crippen molar-refractivity contribution >= 4 is 18.5 Å². The molecule has 1 atom stereocenters. The minimum absolute atomic E-state index is 0. The molecule has 2 rings (SSSR count). The summed E-state index contributed by atoms with van der Waals surface area (Å²) >= 11 is 0. The molecule has 1 amide bonds. The highest BCUT2D eigenvalue weighted by Crippen LogP contribution is 2.39. The van der Waals surface area contributed by atoms with Gasteiger partial charge in [-0.15, -0.1) is 12.4 Å². The van der Waals surface area contributed by atoms with Crippen LogP contribution in [0.2, 0.25) is 0 Å². The third kappa shape index (κ3) is 2.98. The molecule has 1 aliphatic rings. The normalized spacial score (nSPS) is 20.8. The Kier molecular flexibility index (Phi) is 4.41. The number of nitrogens with one attached hydrogen (secondary N) is 1. The SMILES string of the molecule is COc1ccc(O)c([C@@H]2NC(=O)OCC2(F)F)c1.Cl. The number of phenols is 1. The summed E-state index contributed by atoms with van der Waals surface area (Å²) < 4.78 is 36.4. The Balaban J connectivity index is 0.00000180. The van der Waals surface area contributed by atoms with E-state index >= 15 is 0 Å². The van der Waals surface area contributed by atoms with Gasteiger partial charge in [0.2, 0.25) is 0 Å². The largest absolute Gasteiger partial charge is 0.508 e. The Morgan fingerprint density at radius 2 is 2.21 bits per heavy atom. The van der Waals surface area contributed by atoms with Crippen molar-refractivity contribution < 1.29 is 28.2 Å². The average Bonchev–Trinajstić information content (AvgIpc) is 2.33. The van der Waals surface area contributed by atoms with Gasteiger partial charge in [-0.2, -0.15) is 0 Å². The molecule has 8 heteroatoms. The molecule has 0 radical (unpaired) electrons. The van der Waals surface area contributed by atoms with Gasteiger partial charge in [0.1, 0.15) is 17.5 Å². The van der Waals surface area contributed by atoms with Crippen LogP contribution in [0.5, 0.6) is 11.5 Å². The highest BCUT2D eigenvalue weighted by atomic mass is 35.5. The van der Waals surface area contributed by atoms with E-state index in [2.05, 4.69) is 4.74 Å². The maximum Gasteiger partial charge on any atom is 0.408 e. The van der Waals surface area contributed by atoms with Gasteiger partial charge < -0.3 is 19.9 Å². The molecule has 2 N–H and O–H groups in total. The Hall–Kier alpha value is -1.76. The van der Waals surface area contributed by atoms with Gasteiger partial charge in [-0.05, 0) is 18.2 Å². The lowest BCUT2D eigenvalue weighted by Gasteiger charge is -2.32. The fourth-order valence-electron chi connectivity index (χ4n) is 1.71. The highest BCUT2D eigenvalue weighted by molar-refractivity contribution is 5.85. The van der Waals surface area contributed by atoms with Crippen LogP contribution in [-0.4, -0.2) is 30.8 Å². The predicted octanol–water partition coefficient (Wildman–Crippen LogP) is 2.24. The smallest absolute Gasteiger partial charge is 0.408 e. The number of carbonyl (C=O) groups is 1.